The van der Waals surface area contributed by atoms with Gasteiger partial charge in [-0.2, -0.15) is 5.10 Å². The number of carbonyl (C=O) groups is 1. The van der Waals surface area contributed by atoms with Gasteiger partial charge in [-0.1, -0.05) is 0 Å². The second kappa shape index (κ2) is 6.23. The van der Waals surface area contributed by atoms with Crippen LogP contribution in [0.5, 0.6) is 0 Å². The fourth-order valence-electron chi connectivity index (χ4n) is 4.25. The van der Waals surface area contributed by atoms with E-state index in [1.165, 1.54) is 9.56 Å². The Balaban J connectivity index is 1.74. The largest absolute Gasteiger partial charge is 0.336 e. The van der Waals surface area contributed by atoms with Gasteiger partial charge in [0.05, 0.1) is 10.2 Å². The highest BCUT2D eigenvalue weighted by Gasteiger charge is 2.29. The fraction of sp³-hybridized carbons (Fsp3) is 0.526. The van der Waals surface area contributed by atoms with Crippen LogP contribution in [0, 0.1) is 13.8 Å². The molecule has 0 N–H and O–H groups in total. The van der Waals surface area contributed by atoms with Crippen LogP contribution in [0.25, 0.3) is 15.7 Å². The summed E-state index contributed by atoms with van der Waals surface area (Å²) in [4.78, 5) is 28.9. The van der Waals surface area contributed by atoms with E-state index in [0.717, 1.165) is 35.3 Å². The summed E-state index contributed by atoms with van der Waals surface area (Å²) in [6.07, 6.45) is 3.19. The lowest BCUT2D eigenvalue weighted by atomic mass is 9.97. The van der Waals surface area contributed by atoms with E-state index in [4.69, 9.17) is 0 Å². The molecule has 3 aromatic rings. The van der Waals surface area contributed by atoms with Gasteiger partial charge in [0.1, 0.15) is 17.9 Å². The van der Waals surface area contributed by atoms with Crippen molar-refractivity contribution in [3.63, 3.8) is 0 Å². The van der Waals surface area contributed by atoms with Gasteiger partial charge in [0, 0.05) is 17.0 Å². The van der Waals surface area contributed by atoms with Crippen LogP contribution in [0.4, 0.5) is 0 Å². The maximum Gasteiger partial charge on any atom is 0.291 e. The van der Waals surface area contributed by atoms with Crippen LogP contribution in [0.3, 0.4) is 0 Å². The molecular formula is C19H24N4O2S. The van der Waals surface area contributed by atoms with Crippen molar-refractivity contribution < 1.29 is 4.79 Å². The van der Waals surface area contributed by atoms with Crippen molar-refractivity contribution in [3.8, 4) is 0 Å². The maximum atomic E-state index is 12.9. The molecule has 6 nitrogen and oxygen atoms in total. The normalized spacial score (nSPS) is 21.0. The van der Waals surface area contributed by atoms with E-state index in [0.29, 0.717) is 5.52 Å². The summed E-state index contributed by atoms with van der Waals surface area (Å²) >= 11 is 1.67. The zero-order valence-corrected chi connectivity index (χ0v) is 16.5. The van der Waals surface area contributed by atoms with Crippen molar-refractivity contribution in [2.24, 2.45) is 0 Å². The lowest BCUT2D eigenvalue weighted by molar-refractivity contribution is -0.138. The highest BCUT2D eigenvalue weighted by molar-refractivity contribution is 7.19. The smallest absolute Gasteiger partial charge is 0.291 e. The number of hydrogen-bond acceptors (Lipinski definition) is 4. The Bertz CT molecular complexity index is 1050. The molecule has 3 aromatic heterocycles. The SMILES string of the molecule is Cc1cc2c(cc3c(=O)n(CC(=O)N4[C@H](C)CCC[C@H]4C)nc(C)n32)s1. The van der Waals surface area contributed by atoms with Crippen molar-refractivity contribution in [2.75, 3.05) is 0 Å². The van der Waals surface area contributed by atoms with Crippen molar-refractivity contribution in [1.82, 2.24) is 19.1 Å². The van der Waals surface area contributed by atoms with Gasteiger partial charge in [-0.05, 0) is 59.1 Å². The number of amides is 1. The summed E-state index contributed by atoms with van der Waals surface area (Å²) in [5.41, 5.74) is 1.40. The number of rotatable bonds is 2. The Morgan fingerprint density at radius 1 is 1.19 bits per heavy atom. The topological polar surface area (TPSA) is 59.6 Å². The molecule has 0 unspecified atom stereocenters. The predicted octanol–water partition coefficient (Wildman–Crippen LogP) is 3.12. The van der Waals surface area contributed by atoms with Crippen LogP contribution in [0.2, 0.25) is 0 Å². The molecule has 1 aliphatic heterocycles. The second-order valence-corrected chi connectivity index (χ2v) is 8.70. The average Bonchev–Trinajstić information content (AvgIpc) is 3.08. The minimum absolute atomic E-state index is 0.00269. The van der Waals surface area contributed by atoms with Gasteiger partial charge < -0.3 is 4.90 Å². The molecule has 1 fully saturated rings. The Labute approximate surface area is 156 Å². The van der Waals surface area contributed by atoms with Crippen LogP contribution >= 0.6 is 11.3 Å². The van der Waals surface area contributed by atoms with Crippen molar-refractivity contribution in [2.45, 2.75) is 65.6 Å². The quantitative estimate of drug-likeness (QED) is 0.694. The summed E-state index contributed by atoms with van der Waals surface area (Å²) < 4.78 is 4.30. The molecule has 0 spiro atoms. The molecule has 0 bridgehead atoms. The third kappa shape index (κ3) is 2.65. The van der Waals surface area contributed by atoms with Crippen LogP contribution in [0.1, 0.15) is 43.8 Å². The van der Waals surface area contributed by atoms with E-state index in [1.54, 1.807) is 11.3 Å². The summed E-state index contributed by atoms with van der Waals surface area (Å²) in [6.45, 7) is 8.11. The van der Waals surface area contributed by atoms with Crippen molar-refractivity contribution in [1.29, 1.82) is 0 Å². The van der Waals surface area contributed by atoms with E-state index in [1.807, 2.05) is 22.3 Å². The molecule has 7 heteroatoms. The molecule has 1 amide bonds. The summed E-state index contributed by atoms with van der Waals surface area (Å²) in [7, 11) is 0. The van der Waals surface area contributed by atoms with Gasteiger partial charge >= 0.3 is 0 Å². The van der Waals surface area contributed by atoms with E-state index in [2.05, 4.69) is 31.9 Å². The molecule has 0 aliphatic carbocycles. The number of thiophene rings is 1. The molecule has 26 heavy (non-hydrogen) atoms. The highest BCUT2D eigenvalue weighted by Crippen LogP contribution is 2.28. The van der Waals surface area contributed by atoms with Crippen LogP contribution in [-0.4, -0.2) is 37.1 Å². The molecule has 0 aromatic carbocycles. The maximum absolute atomic E-state index is 12.9. The van der Waals surface area contributed by atoms with E-state index in [-0.39, 0.29) is 30.1 Å². The van der Waals surface area contributed by atoms with E-state index < -0.39 is 0 Å². The zero-order chi connectivity index (χ0) is 18.6. The number of nitrogens with zero attached hydrogens (tertiary/aromatic N) is 4. The first-order valence-electron chi connectivity index (χ1n) is 9.17. The lowest BCUT2D eigenvalue weighted by Gasteiger charge is -2.39. The molecule has 138 valence electrons. The first-order chi connectivity index (χ1) is 12.4. The Morgan fingerprint density at radius 2 is 1.88 bits per heavy atom. The van der Waals surface area contributed by atoms with Gasteiger partial charge in [-0.15, -0.1) is 11.3 Å². The standard InChI is InChI=1S/C19H24N4O2S/c1-11-6-5-7-12(2)22(11)18(24)10-21-19(25)16-9-17-15(8-13(3)26-17)23(16)14(4)20-21/h8-9,11-12H,5-7,10H2,1-4H3/t11-,12-/m1/s1. The number of piperidine rings is 1. The molecule has 4 heterocycles. The first kappa shape index (κ1) is 17.3. The molecular weight excluding hydrogens is 348 g/mol. The number of hydrogen-bond donors (Lipinski definition) is 0. The Kier molecular flexibility index (Phi) is 4.14. The van der Waals surface area contributed by atoms with Crippen LogP contribution < -0.4 is 5.56 Å². The summed E-state index contributed by atoms with van der Waals surface area (Å²) in [6, 6.07) is 4.42. The number of fused-ring (bicyclic) bond motifs is 3. The molecule has 2 atom stereocenters. The Morgan fingerprint density at radius 3 is 2.58 bits per heavy atom. The average molecular weight is 372 g/mol. The molecule has 1 saturated heterocycles. The second-order valence-electron chi connectivity index (χ2n) is 7.41. The van der Waals surface area contributed by atoms with Gasteiger partial charge in [0.25, 0.3) is 5.56 Å². The van der Waals surface area contributed by atoms with E-state index in [9.17, 15) is 9.59 Å². The van der Waals surface area contributed by atoms with E-state index >= 15 is 0 Å². The monoisotopic (exact) mass is 372 g/mol. The van der Waals surface area contributed by atoms with Crippen LogP contribution in [-0.2, 0) is 11.3 Å². The fourth-order valence-corrected chi connectivity index (χ4v) is 5.19. The molecule has 0 saturated carbocycles. The summed E-state index contributed by atoms with van der Waals surface area (Å²) in [5.74, 6) is 0.701. The minimum Gasteiger partial charge on any atom is -0.336 e. The van der Waals surface area contributed by atoms with Gasteiger partial charge in [-0.3, -0.25) is 14.0 Å². The number of likely N-dealkylation sites (tertiary alicyclic amines) is 1. The van der Waals surface area contributed by atoms with Gasteiger partial charge in [0.2, 0.25) is 5.91 Å². The zero-order valence-electron chi connectivity index (χ0n) is 15.7. The Hall–Kier alpha value is -2.15. The predicted molar refractivity (Wildman–Crippen MR) is 104 cm³/mol. The molecule has 4 rings (SSSR count). The third-order valence-electron chi connectivity index (χ3n) is 5.42. The summed E-state index contributed by atoms with van der Waals surface area (Å²) in [5, 5.41) is 4.44. The first-order valence-corrected chi connectivity index (χ1v) is 9.99. The van der Waals surface area contributed by atoms with Crippen molar-refractivity contribution >= 4 is 33.0 Å². The number of aromatic nitrogens is 3. The van der Waals surface area contributed by atoms with Crippen molar-refractivity contribution in [3.05, 3.63) is 33.2 Å². The van der Waals surface area contributed by atoms with Gasteiger partial charge in [0.15, 0.2) is 0 Å². The molecule has 0 radical (unpaired) electrons. The number of carbonyl (C=O) groups excluding carboxylic acids is 1. The highest BCUT2D eigenvalue weighted by atomic mass is 32.1. The minimum atomic E-state index is -0.206. The van der Waals surface area contributed by atoms with Gasteiger partial charge in [-0.25, -0.2) is 4.68 Å². The molecule has 1 aliphatic rings. The third-order valence-corrected chi connectivity index (χ3v) is 6.41. The van der Waals surface area contributed by atoms with Crippen LogP contribution in [0.15, 0.2) is 16.9 Å². The number of aryl methyl sites for hydroxylation is 2. The lowest BCUT2D eigenvalue weighted by Crippen LogP contribution is -2.49.